The zero-order valence-corrected chi connectivity index (χ0v) is 11.4. The third-order valence-corrected chi connectivity index (χ3v) is 4.05. The third kappa shape index (κ3) is 4.01. The molecule has 1 aromatic heterocycles. The van der Waals surface area contributed by atoms with Crippen LogP contribution in [0.15, 0.2) is 0 Å². The molecule has 0 amide bonds. The van der Waals surface area contributed by atoms with E-state index in [0.717, 1.165) is 25.2 Å². The number of nitrogens with zero attached hydrogens (tertiary/aromatic N) is 3. The van der Waals surface area contributed by atoms with Gasteiger partial charge in [0.15, 0.2) is 0 Å². The molecule has 1 aliphatic rings. The molecular weight excluding hydrogens is 232 g/mol. The van der Waals surface area contributed by atoms with Gasteiger partial charge in [-0.05, 0) is 63.4 Å². The van der Waals surface area contributed by atoms with Crippen molar-refractivity contribution in [3.8, 4) is 0 Å². The zero-order valence-electron chi connectivity index (χ0n) is 10.6. The van der Waals surface area contributed by atoms with E-state index < -0.39 is 0 Å². The smallest absolute Gasteiger partial charge is 0.0797 e. The van der Waals surface area contributed by atoms with E-state index >= 15 is 0 Å². The van der Waals surface area contributed by atoms with E-state index in [1.165, 1.54) is 55.3 Å². The van der Waals surface area contributed by atoms with Gasteiger partial charge in [0.25, 0.3) is 0 Å². The number of aryl methyl sites for hydroxylation is 1. The lowest BCUT2D eigenvalue weighted by Crippen LogP contribution is -2.24. The lowest BCUT2D eigenvalue weighted by molar-refractivity contribution is 0.331. The van der Waals surface area contributed by atoms with Crippen LogP contribution < -0.4 is 5.32 Å². The van der Waals surface area contributed by atoms with Crippen LogP contribution in [-0.4, -0.2) is 40.7 Å². The molecule has 0 radical (unpaired) electrons. The number of aromatic nitrogens is 2. The zero-order chi connectivity index (χ0) is 11.9. The van der Waals surface area contributed by atoms with Gasteiger partial charge in [-0.25, -0.2) is 0 Å². The highest BCUT2D eigenvalue weighted by molar-refractivity contribution is 7.05. The molecule has 1 N–H and O–H groups in total. The standard InChI is InChI=1S/C12H22N4S/c1-2-11-12(17-15-14-11)10-13-6-5-9-16-7-3-4-8-16/h13H,2-10H2,1H3. The van der Waals surface area contributed by atoms with Crippen LogP contribution in [0, 0.1) is 0 Å². The first-order valence-electron chi connectivity index (χ1n) is 6.63. The fourth-order valence-electron chi connectivity index (χ4n) is 2.27. The predicted molar refractivity (Wildman–Crippen MR) is 71.3 cm³/mol. The second-order valence-corrected chi connectivity index (χ2v) is 5.41. The van der Waals surface area contributed by atoms with Crippen LogP contribution in [0.3, 0.4) is 0 Å². The Balaban J connectivity index is 1.56. The van der Waals surface area contributed by atoms with Crippen molar-refractivity contribution >= 4 is 11.5 Å². The van der Waals surface area contributed by atoms with Gasteiger partial charge >= 0.3 is 0 Å². The minimum atomic E-state index is 0.931. The topological polar surface area (TPSA) is 41.1 Å². The number of likely N-dealkylation sites (tertiary alicyclic amines) is 1. The molecule has 1 aliphatic heterocycles. The molecule has 0 spiro atoms. The summed E-state index contributed by atoms with van der Waals surface area (Å²) in [5.74, 6) is 0. The second kappa shape index (κ2) is 7.03. The molecular formula is C12H22N4S. The summed E-state index contributed by atoms with van der Waals surface area (Å²) in [7, 11) is 0. The summed E-state index contributed by atoms with van der Waals surface area (Å²) in [6.45, 7) is 8.01. The number of nitrogens with one attached hydrogen (secondary N) is 1. The molecule has 0 saturated carbocycles. The van der Waals surface area contributed by atoms with Crippen LogP contribution in [0.4, 0.5) is 0 Å². The first-order chi connectivity index (χ1) is 8.40. The number of hydrogen-bond donors (Lipinski definition) is 1. The van der Waals surface area contributed by atoms with Crippen molar-refractivity contribution in [2.24, 2.45) is 0 Å². The Labute approximate surface area is 108 Å². The van der Waals surface area contributed by atoms with Gasteiger partial charge in [-0.2, -0.15) is 0 Å². The fraction of sp³-hybridized carbons (Fsp3) is 0.833. The van der Waals surface area contributed by atoms with Crippen LogP contribution in [0.1, 0.15) is 36.8 Å². The average Bonchev–Trinajstić information content (AvgIpc) is 2.98. The summed E-state index contributed by atoms with van der Waals surface area (Å²) < 4.78 is 4.00. The van der Waals surface area contributed by atoms with E-state index in [-0.39, 0.29) is 0 Å². The highest BCUT2D eigenvalue weighted by atomic mass is 32.1. The monoisotopic (exact) mass is 254 g/mol. The van der Waals surface area contributed by atoms with E-state index in [9.17, 15) is 0 Å². The number of rotatable bonds is 7. The average molecular weight is 254 g/mol. The van der Waals surface area contributed by atoms with Crippen LogP contribution in [0.25, 0.3) is 0 Å². The second-order valence-electron chi connectivity index (χ2n) is 4.58. The predicted octanol–water partition coefficient (Wildman–Crippen LogP) is 1.68. The molecule has 0 bridgehead atoms. The Hall–Kier alpha value is -0.520. The van der Waals surface area contributed by atoms with Crippen molar-refractivity contribution in [1.29, 1.82) is 0 Å². The lowest BCUT2D eigenvalue weighted by atomic mass is 10.3. The molecule has 5 heteroatoms. The van der Waals surface area contributed by atoms with Crippen molar-refractivity contribution in [3.63, 3.8) is 0 Å². The molecule has 2 rings (SSSR count). The van der Waals surface area contributed by atoms with Crippen LogP contribution >= 0.6 is 11.5 Å². The number of hydrogen-bond acceptors (Lipinski definition) is 5. The van der Waals surface area contributed by atoms with E-state index in [1.54, 1.807) is 0 Å². The van der Waals surface area contributed by atoms with Gasteiger partial charge in [-0.3, -0.25) is 0 Å². The molecule has 96 valence electrons. The van der Waals surface area contributed by atoms with Crippen LogP contribution in [0.2, 0.25) is 0 Å². The summed E-state index contributed by atoms with van der Waals surface area (Å²) in [6, 6.07) is 0. The molecule has 0 aromatic carbocycles. The molecule has 4 nitrogen and oxygen atoms in total. The van der Waals surface area contributed by atoms with Crippen LogP contribution in [0.5, 0.6) is 0 Å². The largest absolute Gasteiger partial charge is 0.312 e. The Kier molecular flexibility index (Phi) is 5.35. The van der Waals surface area contributed by atoms with E-state index in [2.05, 4.69) is 26.7 Å². The maximum absolute atomic E-state index is 4.12. The first-order valence-corrected chi connectivity index (χ1v) is 7.40. The van der Waals surface area contributed by atoms with Gasteiger partial charge in [0.05, 0.1) is 10.6 Å². The van der Waals surface area contributed by atoms with Gasteiger partial charge in [0.1, 0.15) is 0 Å². The molecule has 17 heavy (non-hydrogen) atoms. The molecule has 1 aromatic rings. The van der Waals surface area contributed by atoms with Crippen molar-refractivity contribution < 1.29 is 0 Å². The minimum Gasteiger partial charge on any atom is -0.312 e. The minimum absolute atomic E-state index is 0.931. The Bertz CT molecular complexity index is 320. The Morgan fingerprint density at radius 3 is 2.94 bits per heavy atom. The highest BCUT2D eigenvalue weighted by Gasteiger charge is 2.10. The first kappa shape index (κ1) is 12.9. The van der Waals surface area contributed by atoms with E-state index in [4.69, 9.17) is 0 Å². The molecule has 1 saturated heterocycles. The molecule has 0 aliphatic carbocycles. The van der Waals surface area contributed by atoms with Gasteiger partial charge in [0, 0.05) is 6.54 Å². The SMILES string of the molecule is CCc1nnsc1CNCCCN1CCCC1. The van der Waals surface area contributed by atoms with Gasteiger partial charge < -0.3 is 10.2 Å². The van der Waals surface area contributed by atoms with Gasteiger partial charge in [-0.1, -0.05) is 11.4 Å². The normalized spacial score (nSPS) is 16.8. The lowest BCUT2D eigenvalue weighted by Gasteiger charge is -2.14. The summed E-state index contributed by atoms with van der Waals surface area (Å²) in [5, 5.41) is 7.61. The van der Waals surface area contributed by atoms with E-state index in [1.807, 2.05) is 0 Å². The summed E-state index contributed by atoms with van der Waals surface area (Å²) >= 11 is 1.52. The van der Waals surface area contributed by atoms with Crippen molar-refractivity contribution in [2.45, 2.75) is 39.2 Å². The quantitative estimate of drug-likeness (QED) is 0.752. The van der Waals surface area contributed by atoms with Crippen molar-refractivity contribution in [2.75, 3.05) is 26.2 Å². The molecule has 1 fully saturated rings. The third-order valence-electron chi connectivity index (χ3n) is 3.28. The fourth-order valence-corrected chi connectivity index (χ4v) is 2.96. The van der Waals surface area contributed by atoms with Crippen molar-refractivity contribution in [3.05, 3.63) is 10.6 Å². The van der Waals surface area contributed by atoms with Gasteiger partial charge in [0.2, 0.25) is 0 Å². The molecule has 2 heterocycles. The highest BCUT2D eigenvalue weighted by Crippen LogP contribution is 2.10. The molecule has 0 atom stereocenters. The van der Waals surface area contributed by atoms with E-state index in [0.29, 0.717) is 0 Å². The Morgan fingerprint density at radius 1 is 1.35 bits per heavy atom. The maximum atomic E-state index is 4.12. The molecule has 0 unspecified atom stereocenters. The summed E-state index contributed by atoms with van der Waals surface area (Å²) in [5.41, 5.74) is 1.15. The summed E-state index contributed by atoms with van der Waals surface area (Å²) in [4.78, 5) is 3.86. The summed E-state index contributed by atoms with van der Waals surface area (Å²) in [6.07, 6.45) is 5.01. The maximum Gasteiger partial charge on any atom is 0.0797 e. The Morgan fingerprint density at radius 2 is 2.18 bits per heavy atom. The van der Waals surface area contributed by atoms with Crippen LogP contribution in [-0.2, 0) is 13.0 Å². The van der Waals surface area contributed by atoms with Crippen molar-refractivity contribution in [1.82, 2.24) is 19.8 Å². The van der Waals surface area contributed by atoms with Gasteiger partial charge in [-0.15, -0.1) is 5.10 Å².